The highest BCUT2D eigenvalue weighted by Crippen LogP contribution is 2.20. The molecule has 2 aromatic rings. The van der Waals surface area contributed by atoms with Crippen molar-refractivity contribution in [1.82, 2.24) is 9.97 Å². The number of aryl methyl sites for hydroxylation is 2. The first-order valence-corrected chi connectivity index (χ1v) is 5.84. The molecule has 0 aliphatic carbocycles. The van der Waals surface area contributed by atoms with Crippen LogP contribution < -0.4 is 5.73 Å². The van der Waals surface area contributed by atoms with E-state index in [2.05, 4.69) is 9.97 Å². The van der Waals surface area contributed by atoms with E-state index in [1.807, 2.05) is 26.8 Å². The van der Waals surface area contributed by atoms with Crippen molar-refractivity contribution < 1.29 is 4.39 Å². The number of hydrogen-bond acceptors (Lipinski definition) is 3. The maximum atomic E-state index is 13.3. The lowest BCUT2D eigenvalue weighted by molar-refractivity contribution is 0.627. The Morgan fingerprint density at radius 3 is 2.50 bits per heavy atom. The van der Waals surface area contributed by atoms with Crippen LogP contribution in [0.3, 0.4) is 0 Å². The molecule has 0 unspecified atom stereocenters. The van der Waals surface area contributed by atoms with Gasteiger partial charge in [-0.1, -0.05) is 0 Å². The summed E-state index contributed by atoms with van der Waals surface area (Å²) in [5.41, 5.74) is 9.09. The molecule has 0 radical (unpaired) electrons. The molecular weight excluding hydrogens is 229 g/mol. The van der Waals surface area contributed by atoms with Crippen molar-refractivity contribution in [2.75, 3.05) is 0 Å². The summed E-state index contributed by atoms with van der Waals surface area (Å²) in [5, 5.41) is 0. The van der Waals surface area contributed by atoms with Gasteiger partial charge in [-0.15, -0.1) is 0 Å². The Morgan fingerprint density at radius 1 is 1.22 bits per heavy atom. The molecular formula is C14H16FN3. The van der Waals surface area contributed by atoms with Gasteiger partial charge in [0, 0.05) is 29.1 Å². The molecule has 0 aliphatic rings. The lowest BCUT2D eigenvalue weighted by atomic mass is 10.1. The number of aromatic nitrogens is 2. The van der Waals surface area contributed by atoms with Gasteiger partial charge in [0.05, 0.1) is 0 Å². The summed E-state index contributed by atoms with van der Waals surface area (Å²) < 4.78 is 13.3. The molecule has 1 atom stereocenters. The Morgan fingerprint density at radius 2 is 1.94 bits per heavy atom. The van der Waals surface area contributed by atoms with Gasteiger partial charge in [-0.2, -0.15) is 0 Å². The second-order valence-electron chi connectivity index (χ2n) is 4.54. The molecule has 94 valence electrons. The van der Waals surface area contributed by atoms with Crippen molar-refractivity contribution in [3.8, 4) is 11.4 Å². The molecule has 0 spiro atoms. The Balaban J connectivity index is 2.48. The second-order valence-corrected chi connectivity index (χ2v) is 4.54. The monoisotopic (exact) mass is 245 g/mol. The highest BCUT2D eigenvalue weighted by atomic mass is 19.1. The minimum absolute atomic E-state index is 0.103. The van der Waals surface area contributed by atoms with E-state index in [0.717, 1.165) is 16.8 Å². The van der Waals surface area contributed by atoms with Gasteiger partial charge in [0.1, 0.15) is 5.82 Å². The Kier molecular flexibility index (Phi) is 3.39. The molecule has 1 aromatic heterocycles. The first-order valence-electron chi connectivity index (χ1n) is 5.84. The molecule has 4 heteroatoms. The minimum Gasteiger partial charge on any atom is -0.324 e. The summed E-state index contributed by atoms with van der Waals surface area (Å²) in [4.78, 5) is 8.64. The maximum absolute atomic E-state index is 13.3. The summed E-state index contributed by atoms with van der Waals surface area (Å²) in [5.74, 6) is 0.252. The van der Waals surface area contributed by atoms with Crippen LogP contribution in [-0.2, 0) is 0 Å². The fraction of sp³-hybridized carbons (Fsp3) is 0.286. The summed E-state index contributed by atoms with van der Waals surface area (Å²) >= 11 is 0. The van der Waals surface area contributed by atoms with Crippen molar-refractivity contribution in [1.29, 1.82) is 0 Å². The van der Waals surface area contributed by atoms with Crippen molar-refractivity contribution in [3.05, 3.63) is 47.0 Å². The number of hydrogen-bond donors (Lipinski definition) is 1. The third-order valence-corrected chi connectivity index (χ3v) is 2.81. The van der Waals surface area contributed by atoms with Crippen molar-refractivity contribution in [2.24, 2.45) is 5.73 Å². The van der Waals surface area contributed by atoms with E-state index < -0.39 is 0 Å². The van der Waals surface area contributed by atoms with Gasteiger partial charge in [0.25, 0.3) is 0 Å². The first-order chi connectivity index (χ1) is 8.47. The lowest BCUT2D eigenvalue weighted by Crippen LogP contribution is -2.09. The fourth-order valence-corrected chi connectivity index (χ4v) is 1.93. The summed E-state index contributed by atoms with van der Waals surface area (Å²) in [6, 6.07) is 4.68. The van der Waals surface area contributed by atoms with Crippen LogP contribution in [0.4, 0.5) is 4.39 Å². The largest absolute Gasteiger partial charge is 0.324 e. The van der Waals surface area contributed by atoms with Gasteiger partial charge >= 0.3 is 0 Å². The Hall–Kier alpha value is -1.81. The quantitative estimate of drug-likeness (QED) is 0.885. The normalized spacial score (nSPS) is 12.5. The number of nitrogens with two attached hydrogens (primary N) is 1. The van der Waals surface area contributed by atoms with Gasteiger partial charge in [-0.3, -0.25) is 0 Å². The molecule has 0 bridgehead atoms. The van der Waals surface area contributed by atoms with Crippen LogP contribution in [0, 0.1) is 19.7 Å². The Bertz CT molecular complexity index is 559. The smallest absolute Gasteiger partial charge is 0.159 e. The average molecular weight is 245 g/mol. The third kappa shape index (κ3) is 2.54. The SMILES string of the molecule is Cc1cc(F)cc(-c2ncc([C@@H](C)N)c(C)n2)c1. The van der Waals surface area contributed by atoms with Crippen LogP contribution >= 0.6 is 0 Å². The first kappa shape index (κ1) is 12.6. The predicted molar refractivity (Wildman–Crippen MR) is 69.5 cm³/mol. The highest BCUT2D eigenvalue weighted by molar-refractivity contribution is 5.56. The van der Waals surface area contributed by atoms with Crippen molar-refractivity contribution >= 4 is 0 Å². The third-order valence-electron chi connectivity index (χ3n) is 2.81. The van der Waals surface area contributed by atoms with Gasteiger partial charge in [0.15, 0.2) is 5.82 Å². The molecule has 0 amide bonds. The molecule has 2 rings (SSSR count). The zero-order valence-corrected chi connectivity index (χ0v) is 10.7. The van der Waals surface area contributed by atoms with Gasteiger partial charge in [-0.25, -0.2) is 14.4 Å². The number of nitrogens with zero attached hydrogens (tertiary/aromatic N) is 2. The van der Waals surface area contributed by atoms with Crippen LogP contribution in [0.15, 0.2) is 24.4 Å². The summed E-state index contributed by atoms with van der Waals surface area (Å²) in [7, 11) is 0. The molecule has 0 aliphatic heterocycles. The summed E-state index contributed by atoms with van der Waals surface area (Å²) in [6.45, 7) is 5.61. The molecule has 0 fully saturated rings. The Labute approximate surface area is 106 Å². The molecule has 2 N–H and O–H groups in total. The number of rotatable bonds is 2. The minimum atomic E-state index is -0.275. The van der Waals surface area contributed by atoms with Crippen LogP contribution in [-0.4, -0.2) is 9.97 Å². The van der Waals surface area contributed by atoms with Gasteiger partial charge < -0.3 is 5.73 Å². The zero-order chi connectivity index (χ0) is 13.3. The standard InChI is InChI=1S/C14H16FN3/c1-8-4-11(6-12(15)5-8)14-17-7-13(9(2)16)10(3)18-14/h4-7,9H,16H2,1-3H3/t9-/m1/s1. The van der Waals surface area contributed by atoms with E-state index in [4.69, 9.17) is 5.73 Å². The number of benzene rings is 1. The molecule has 1 aromatic carbocycles. The van der Waals surface area contributed by atoms with E-state index in [9.17, 15) is 4.39 Å². The maximum Gasteiger partial charge on any atom is 0.159 e. The van der Waals surface area contributed by atoms with Crippen molar-refractivity contribution in [3.63, 3.8) is 0 Å². The fourth-order valence-electron chi connectivity index (χ4n) is 1.93. The highest BCUT2D eigenvalue weighted by Gasteiger charge is 2.09. The van der Waals surface area contributed by atoms with Gasteiger partial charge in [0.2, 0.25) is 0 Å². The second kappa shape index (κ2) is 4.82. The molecule has 18 heavy (non-hydrogen) atoms. The van der Waals surface area contributed by atoms with E-state index in [0.29, 0.717) is 11.4 Å². The molecule has 0 saturated heterocycles. The number of halogens is 1. The van der Waals surface area contributed by atoms with E-state index >= 15 is 0 Å². The van der Waals surface area contributed by atoms with Crippen LogP contribution in [0.1, 0.15) is 29.8 Å². The zero-order valence-electron chi connectivity index (χ0n) is 10.7. The van der Waals surface area contributed by atoms with Crippen molar-refractivity contribution in [2.45, 2.75) is 26.8 Å². The van der Waals surface area contributed by atoms with E-state index in [-0.39, 0.29) is 11.9 Å². The average Bonchev–Trinajstić information content (AvgIpc) is 2.26. The van der Waals surface area contributed by atoms with Gasteiger partial charge in [-0.05, 0) is 44.5 Å². The van der Waals surface area contributed by atoms with E-state index in [1.54, 1.807) is 6.20 Å². The topological polar surface area (TPSA) is 51.8 Å². The van der Waals surface area contributed by atoms with Crippen LogP contribution in [0.25, 0.3) is 11.4 Å². The predicted octanol–water partition coefficient (Wildman–Crippen LogP) is 2.92. The molecule has 1 heterocycles. The van der Waals surface area contributed by atoms with Crippen LogP contribution in [0.2, 0.25) is 0 Å². The summed E-state index contributed by atoms with van der Waals surface area (Å²) in [6.07, 6.45) is 1.71. The molecule has 0 saturated carbocycles. The molecule has 3 nitrogen and oxygen atoms in total. The lowest BCUT2D eigenvalue weighted by Gasteiger charge is -2.10. The van der Waals surface area contributed by atoms with E-state index in [1.165, 1.54) is 12.1 Å². The van der Waals surface area contributed by atoms with Crippen LogP contribution in [0.5, 0.6) is 0 Å².